The standard InChI is InChI=1S/C15H17NO3/c1-11-3-2-4-12(7-11)5-6-16-9-14-8-13(10-19-14)15(17)18/h2-4,7-8,10,16H,5-6,9H2,1H3,(H,17,18). The van der Waals surface area contributed by atoms with Crippen LogP contribution >= 0.6 is 0 Å². The van der Waals surface area contributed by atoms with E-state index in [1.807, 2.05) is 0 Å². The molecule has 0 radical (unpaired) electrons. The van der Waals surface area contributed by atoms with Gasteiger partial charge in [-0.25, -0.2) is 4.79 Å². The Morgan fingerprint density at radius 2 is 2.21 bits per heavy atom. The Morgan fingerprint density at radius 3 is 2.89 bits per heavy atom. The van der Waals surface area contributed by atoms with Gasteiger partial charge in [0, 0.05) is 0 Å². The van der Waals surface area contributed by atoms with Crippen LogP contribution in [0.1, 0.15) is 27.2 Å². The second-order valence-corrected chi connectivity index (χ2v) is 4.52. The monoisotopic (exact) mass is 259 g/mol. The van der Waals surface area contributed by atoms with Gasteiger partial charge in [-0.2, -0.15) is 0 Å². The fraction of sp³-hybridized carbons (Fsp3) is 0.267. The molecule has 19 heavy (non-hydrogen) atoms. The van der Waals surface area contributed by atoms with Gasteiger partial charge in [-0.3, -0.25) is 0 Å². The molecule has 0 aliphatic rings. The number of carboxylic acids is 1. The molecular formula is C15H17NO3. The number of benzene rings is 1. The maximum atomic E-state index is 10.7. The van der Waals surface area contributed by atoms with Crippen LogP contribution < -0.4 is 5.32 Å². The zero-order valence-corrected chi connectivity index (χ0v) is 10.8. The fourth-order valence-electron chi connectivity index (χ4n) is 1.90. The summed E-state index contributed by atoms with van der Waals surface area (Å²) in [6.45, 7) is 3.44. The van der Waals surface area contributed by atoms with Crippen molar-refractivity contribution in [3.05, 3.63) is 59.0 Å². The van der Waals surface area contributed by atoms with Crippen LogP contribution in [-0.2, 0) is 13.0 Å². The summed E-state index contributed by atoms with van der Waals surface area (Å²) in [5.74, 6) is -0.323. The van der Waals surface area contributed by atoms with E-state index in [1.165, 1.54) is 17.4 Å². The molecule has 0 saturated carbocycles. The van der Waals surface area contributed by atoms with Gasteiger partial charge in [-0.15, -0.1) is 0 Å². The summed E-state index contributed by atoms with van der Waals surface area (Å²) in [6.07, 6.45) is 2.20. The second kappa shape index (κ2) is 6.20. The third kappa shape index (κ3) is 3.96. The van der Waals surface area contributed by atoms with E-state index in [4.69, 9.17) is 9.52 Å². The molecule has 2 rings (SSSR count). The zero-order chi connectivity index (χ0) is 13.7. The lowest BCUT2D eigenvalue weighted by atomic mass is 10.1. The van der Waals surface area contributed by atoms with E-state index in [0.29, 0.717) is 12.3 Å². The summed E-state index contributed by atoms with van der Waals surface area (Å²) >= 11 is 0. The van der Waals surface area contributed by atoms with Crippen molar-refractivity contribution in [3.8, 4) is 0 Å². The normalized spacial score (nSPS) is 10.6. The molecule has 1 heterocycles. The molecule has 0 aliphatic carbocycles. The Hall–Kier alpha value is -2.07. The summed E-state index contributed by atoms with van der Waals surface area (Å²) < 4.78 is 5.15. The first-order valence-electron chi connectivity index (χ1n) is 6.22. The quantitative estimate of drug-likeness (QED) is 0.783. The van der Waals surface area contributed by atoms with Crippen molar-refractivity contribution in [2.24, 2.45) is 0 Å². The maximum Gasteiger partial charge on any atom is 0.338 e. The number of aryl methyl sites for hydroxylation is 1. The first-order chi connectivity index (χ1) is 9.15. The lowest BCUT2D eigenvalue weighted by molar-refractivity contribution is 0.0696. The highest BCUT2D eigenvalue weighted by Crippen LogP contribution is 2.08. The number of hydrogen-bond donors (Lipinski definition) is 2. The number of nitrogens with one attached hydrogen (secondary N) is 1. The Labute approximate surface area is 112 Å². The van der Waals surface area contributed by atoms with Crippen LogP contribution in [0.5, 0.6) is 0 Å². The molecular weight excluding hydrogens is 242 g/mol. The molecule has 2 aromatic rings. The van der Waals surface area contributed by atoms with Gasteiger partial charge in [0.25, 0.3) is 0 Å². The number of carbonyl (C=O) groups is 1. The molecule has 0 saturated heterocycles. The van der Waals surface area contributed by atoms with Gasteiger partial charge >= 0.3 is 5.97 Å². The molecule has 4 nitrogen and oxygen atoms in total. The third-order valence-electron chi connectivity index (χ3n) is 2.87. The van der Waals surface area contributed by atoms with Gasteiger partial charge in [-0.05, 0) is 31.5 Å². The predicted octanol–water partition coefficient (Wildman–Crippen LogP) is 2.62. The molecule has 0 unspecified atom stereocenters. The van der Waals surface area contributed by atoms with Gasteiger partial charge in [0.05, 0.1) is 12.1 Å². The molecule has 1 aromatic heterocycles. The van der Waals surface area contributed by atoms with E-state index in [2.05, 4.69) is 36.5 Å². The van der Waals surface area contributed by atoms with Crippen LogP contribution in [0.25, 0.3) is 0 Å². The number of carboxylic acid groups (broad SMARTS) is 1. The Balaban J connectivity index is 1.76. The summed E-state index contributed by atoms with van der Waals surface area (Å²) in [7, 11) is 0. The first kappa shape index (κ1) is 13.4. The highest BCUT2D eigenvalue weighted by molar-refractivity contribution is 5.87. The number of rotatable bonds is 6. The minimum absolute atomic E-state index is 0.190. The molecule has 0 amide bonds. The van der Waals surface area contributed by atoms with Gasteiger partial charge in [0.2, 0.25) is 0 Å². The summed E-state index contributed by atoms with van der Waals surface area (Å²) in [5.41, 5.74) is 2.74. The Bertz CT molecular complexity index is 560. The van der Waals surface area contributed by atoms with Crippen LogP contribution in [0.3, 0.4) is 0 Å². The topological polar surface area (TPSA) is 62.5 Å². The largest absolute Gasteiger partial charge is 0.478 e. The molecule has 0 fully saturated rings. The smallest absolute Gasteiger partial charge is 0.338 e. The average molecular weight is 259 g/mol. The molecule has 0 atom stereocenters. The van der Waals surface area contributed by atoms with E-state index < -0.39 is 5.97 Å². The van der Waals surface area contributed by atoms with Crippen molar-refractivity contribution < 1.29 is 14.3 Å². The van der Waals surface area contributed by atoms with E-state index in [1.54, 1.807) is 6.07 Å². The summed E-state index contributed by atoms with van der Waals surface area (Å²) in [5, 5.41) is 12.0. The van der Waals surface area contributed by atoms with Crippen molar-refractivity contribution >= 4 is 5.97 Å². The van der Waals surface area contributed by atoms with Crippen LogP contribution in [0.4, 0.5) is 0 Å². The van der Waals surface area contributed by atoms with Crippen LogP contribution in [0.15, 0.2) is 41.0 Å². The lowest BCUT2D eigenvalue weighted by Crippen LogP contribution is -2.16. The van der Waals surface area contributed by atoms with Crippen molar-refractivity contribution in [1.82, 2.24) is 5.32 Å². The van der Waals surface area contributed by atoms with Gasteiger partial charge in [-0.1, -0.05) is 29.8 Å². The van der Waals surface area contributed by atoms with Crippen molar-refractivity contribution in [2.45, 2.75) is 19.9 Å². The molecule has 0 aliphatic heterocycles. The van der Waals surface area contributed by atoms with Crippen LogP contribution in [0.2, 0.25) is 0 Å². The van der Waals surface area contributed by atoms with Crippen molar-refractivity contribution in [3.63, 3.8) is 0 Å². The lowest BCUT2D eigenvalue weighted by Gasteiger charge is -2.04. The zero-order valence-electron chi connectivity index (χ0n) is 10.8. The molecule has 2 N–H and O–H groups in total. The highest BCUT2D eigenvalue weighted by Gasteiger charge is 2.07. The SMILES string of the molecule is Cc1cccc(CCNCc2cc(C(=O)O)co2)c1. The van der Waals surface area contributed by atoms with Gasteiger partial charge in [0.1, 0.15) is 12.0 Å². The summed E-state index contributed by atoms with van der Waals surface area (Å²) in [6, 6.07) is 9.94. The van der Waals surface area contributed by atoms with Crippen LogP contribution in [-0.4, -0.2) is 17.6 Å². The van der Waals surface area contributed by atoms with Crippen LogP contribution in [0, 0.1) is 6.92 Å². The highest BCUT2D eigenvalue weighted by atomic mass is 16.4. The molecule has 4 heteroatoms. The molecule has 100 valence electrons. The van der Waals surface area contributed by atoms with E-state index in [0.717, 1.165) is 13.0 Å². The molecule has 0 spiro atoms. The van der Waals surface area contributed by atoms with E-state index >= 15 is 0 Å². The number of furan rings is 1. The van der Waals surface area contributed by atoms with Crippen molar-refractivity contribution in [2.75, 3.05) is 6.54 Å². The minimum Gasteiger partial charge on any atom is -0.478 e. The minimum atomic E-state index is -0.963. The second-order valence-electron chi connectivity index (χ2n) is 4.52. The maximum absolute atomic E-state index is 10.7. The van der Waals surface area contributed by atoms with E-state index in [-0.39, 0.29) is 5.56 Å². The van der Waals surface area contributed by atoms with Gasteiger partial charge in [0.15, 0.2) is 0 Å². The number of hydrogen-bond acceptors (Lipinski definition) is 3. The fourth-order valence-corrected chi connectivity index (χ4v) is 1.90. The number of aromatic carboxylic acids is 1. The Kier molecular flexibility index (Phi) is 4.36. The molecule has 1 aromatic carbocycles. The predicted molar refractivity (Wildman–Crippen MR) is 72.3 cm³/mol. The average Bonchev–Trinajstić information content (AvgIpc) is 2.84. The third-order valence-corrected chi connectivity index (χ3v) is 2.87. The first-order valence-corrected chi connectivity index (χ1v) is 6.22. The van der Waals surface area contributed by atoms with Gasteiger partial charge < -0.3 is 14.8 Å². The van der Waals surface area contributed by atoms with Crippen molar-refractivity contribution in [1.29, 1.82) is 0 Å². The molecule has 0 bridgehead atoms. The summed E-state index contributed by atoms with van der Waals surface area (Å²) in [4.78, 5) is 10.7. The Morgan fingerprint density at radius 1 is 1.37 bits per heavy atom. The van der Waals surface area contributed by atoms with E-state index in [9.17, 15) is 4.79 Å².